The molecule has 1 heterocycles. The average molecular weight is 186 g/mol. The molecule has 0 amide bonds. The number of nitrogens with two attached hydrogens (primary N) is 1. The van der Waals surface area contributed by atoms with Gasteiger partial charge in [-0.05, 0) is 19.3 Å². The molecule has 2 N–H and O–H groups in total. The van der Waals surface area contributed by atoms with Gasteiger partial charge in [0.1, 0.15) is 0 Å². The fraction of sp³-hybridized carbons (Fsp3) is 0.889. The molecule has 0 aromatic heterocycles. The van der Waals surface area contributed by atoms with Crippen LogP contribution >= 0.6 is 0 Å². The Morgan fingerprint density at radius 3 is 2.85 bits per heavy atom. The van der Waals surface area contributed by atoms with Gasteiger partial charge in [-0.25, -0.2) is 5.01 Å². The molecule has 2 atom stereocenters. The van der Waals surface area contributed by atoms with E-state index < -0.39 is 0 Å². The van der Waals surface area contributed by atoms with Crippen molar-refractivity contribution in [1.29, 1.82) is 0 Å². The predicted octanol–water partition coefficient (Wildman–Crippen LogP) is 0.381. The van der Waals surface area contributed by atoms with Crippen molar-refractivity contribution in [3.63, 3.8) is 0 Å². The molecule has 4 heteroatoms. The number of carbonyl (C=O) groups is 1. The van der Waals surface area contributed by atoms with Gasteiger partial charge in [0, 0.05) is 13.1 Å². The van der Waals surface area contributed by atoms with Crippen molar-refractivity contribution in [2.45, 2.75) is 20.3 Å². The summed E-state index contributed by atoms with van der Waals surface area (Å²) < 4.78 is 4.96. The molecule has 1 aliphatic heterocycles. The highest BCUT2D eigenvalue weighted by Crippen LogP contribution is 2.20. The smallest absolute Gasteiger partial charge is 0.310 e. The number of esters is 1. The van der Waals surface area contributed by atoms with Crippen LogP contribution in [0.1, 0.15) is 20.3 Å². The molecule has 1 fully saturated rings. The van der Waals surface area contributed by atoms with Crippen LogP contribution in [0.4, 0.5) is 0 Å². The minimum atomic E-state index is -0.107. The number of hydrogen-bond acceptors (Lipinski definition) is 4. The highest BCUT2D eigenvalue weighted by atomic mass is 16.5. The SMILES string of the molecule is CCOC(=O)C1CC(C)CN(N)C1. The Balaban J connectivity index is 2.45. The normalized spacial score (nSPS) is 30.1. The fourth-order valence-electron chi connectivity index (χ4n) is 1.82. The van der Waals surface area contributed by atoms with E-state index in [1.54, 1.807) is 5.01 Å². The molecule has 1 aliphatic rings. The molecular formula is C9H18N2O2. The van der Waals surface area contributed by atoms with Crippen molar-refractivity contribution >= 4 is 5.97 Å². The Bertz CT molecular complexity index is 174. The molecular weight excluding hydrogens is 168 g/mol. The largest absolute Gasteiger partial charge is 0.466 e. The van der Waals surface area contributed by atoms with Crippen molar-refractivity contribution in [1.82, 2.24) is 5.01 Å². The van der Waals surface area contributed by atoms with E-state index in [0.29, 0.717) is 19.1 Å². The van der Waals surface area contributed by atoms with Gasteiger partial charge < -0.3 is 4.74 Å². The van der Waals surface area contributed by atoms with E-state index in [2.05, 4.69) is 6.92 Å². The Labute approximate surface area is 79.0 Å². The predicted molar refractivity (Wildman–Crippen MR) is 49.7 cm³/mol. The summed E-state index contributed by atoms with van der Waals surface area (Å²) in [4.78, 5) is 11.4. The van der Waals surface area contributed by atoms with Gasteiger partial charge in [-0.1, -0.05) is 6.92 Å². The first-order valence-electron chi connectivity index (χ1n) is 4.79. The zero-order valence-electron chi connectivity index (χ0n) is 8.32. The number of rotatable bonds is 2. The van der Waals surface area contributed by atoms with Gasteiger partial charge in [-0.3, -0.25) is 10.6 Å². The van der Waals surface area contributed by atoms with E-state index in [1.807, 2.05) is 6.92 Å². The second-order valence-electron chi connectivity index (χ2n) is 3.74. The van der Waals surface area contributed by atoms with Crippen LogP contribution in [-0.4, -0.2) is 30.7 Å². The summed E-state index contributed by atoms with van der Waals surface area (Å²) in [6.45, 7) is 5.88. The van der Waals surface area contributed by atoms with E-state index in [-0.39, 0.29) is 11.9 Å². The van der Waals surface area contributed by atoms with Gasteiger partial charge >= 0.3 is 5.97 Å². The van der Waals surface area contributed by atoms with Crippen molar-refractivity contribution < 1.29 is 9.53 Å². The van der Waals surface area contributed by atoms with Gasteiger partial charge in [0.25, 0.3) is 0 Å². The molecule has 76 valence electrons. The first-order chi connectivity index (χ1) is 6.13. The van der Waals surface area contributed by atoms with Gasteiger partial charge in [0.05, 0.1) is 12.5 Å². The molecule has 1 rings (SSSR count). The van der Waals surface area contributed by atoms with Crippen LogP contribution in [0.15, 0.2) is 0 Å². The van der Waals surface area contributed by atoms with E-state index in [1.165, 1.54) is 0 Å². The third-order valence-electron chi connectivity index (χ3n) is 2.31. The topological polar surface area (TPSA) is 55.6 Å². The third kappa shape index (κ3) is 2.97. The number of carbonyl (C=O) groups excluding carboxylic acids is 1. The Morgan fingerprint density at radius 1 is 1.62 bits per heavy atom. The van der Waals surface area contributed by atoms with E-state index >= 15 is 0 Å². The molecule has 0 aliphatic carbocycles. The number of nitrogens with zero attached hydrogens (tertiary/aromatic N) is 1. The van der Waals surface area contributed by atoms with Crippen LogP contribution in [0.5, 0.6) is 0 Å². The lowest BCUT2D eigenvalue weighted by Crippen LogP contribution is -2.46. The van der Waals surface area contributed by atoms with Gasteiger partial charge in [0.2, 0.25) is 0 Å². The lowest BCUT2D eigenvalue weighted by Gasteiger charge is -2.31. The maximum Gasteiger partial charge on any atom is 0.310 e. The summed E-state index contributed by atoms with van der Waals surface area (Å²) in [6.07, 6.45) is 0.895. The number of ether oxygens (including phenoxy) is 1. The summed E-state index contributed by atoms with van der Waals surface area (Å²) in [5.74, 6) is 6.01. The first-order valence-corrected chi connectivity index (χ1v) is 4.79. The maximum absolute atomic E-state index is 11.4. The van der Waals surface area contributed by atoms with Crippen LogP contribution in [0.3, 0.4) is 0 Å². The quantitative estimate of drug-likeness (QED) is 0.500. The summed E-state index contributed by atoms with van der Waals surface area (Å²) in [6, 6.07) is 0. The Morgan fingerprint density at radius 2 is 2.31 bits per heavy atom. The number of hydrazine groups is 1. The Kier molecular flexibility index (Phi) is 3.69. The van der Waals surface area contributed by atoms with Crippen molar-refractivity contribution in [2.24, 2.45) is 17.7 Å². The monoisotopic (exact) mass is 186 g/mol. The summed E-state index contributed by atoms with van der Waals surface area (Å²) in [5, 5.41) is 1.70. The molecule has 0 spiro atoms. The van der Waals surface area contributed by atoms with Gasteiger partial charge in [-0.2, -0.15) is 0 Å². The Hall–Kier alpha value is -0.610. The molecule has 4 nitrogen and oxygen atoms in total. The molecule has 0 saturated carbocycles. The molecule has 0 bridgehead atoms. The van der Waals surface area contributed by atoms with E-state index in [0.717, 1.165) is 13.0 Å². The molecule has 0 aromatic rings. The van der Waals surface area contributed by atoms with Gasteiger partial charge in [0.15, 0.2) is 0 Å². The standard InChI is InChI=1S/C9H18N2O2/c1-3-13-9(12)8-4-7(2)5-11(10)6-8/h7-8H,3-6,10H2,1-2H3. The van der Waals surface area contributed by atoms with E-state index in [4.69, 9.17) is 10.6 Å². The lowest BCUT2D eigenvalue weighted by molar-refractivity contribution is -0.150. The maximum atomic E-state index is 11.4. The van der Waals surface area contributed by atoms with Crippen LogP contribution in [0.2, 0.25) is 0 Å². The number of hydrogen-bond donors (Lipinski definition) is 1. The third-order valence-corrected chi connectivity index (χ3v) is 2.31. The zero-order chi connectivity index (χ0) is 9.84. The molecule has 0 radical (unpaired) electrons. The molecule has 2 unspecified atom stereocenters. The highest BCUT2D eigenvalue weighted by Gasteiger charge is 2.29. The molecule has 0 aromatic carbocycles. The summed E-state index contributed by atoms with van der Waals surface area (Å²) >= 11 is 0. The van der Waals surface area contributed by atoms with Crippen molar-refractivity contribution in [3.05, 3.63) is 0 Å². The average Bonchev–Trinajstić information content (AvgIpc) is 2.03. The zero-order valence-corrected chi connectivity index (χ0v) is 8.32. The van der Waals surface area contributed by atoms with Crippen LogP contribution in [-0.2, 0) is 9.53 Å². The second kappa shape index (κ2) is 4.58. The van der Waals surface area contributed by atoms with Crippen LogP contribution < -0.4 is 5.84 Å². The molecule has 1 saturated heterocycles. The van der Waals surface area contributed by atoms with Crippen molar-refractivity contribution in [2.75, 3.05) is 19.7 Å². The fourth-order valence-corrected chi connectivity index (χ4v) is 1.82. The minimum Gasteiger partial charge on any atom is -0.466 e. The number of piperidine rings is 1. The van der Waals surface area contributed by atoms with E-state index in [9.17, 15) is 4.79 Å². The van der Waals surface area contributed by atoms with Gasteiger partial charge in [-0.15, -0.1) is 0 Å². The minimum absolute atomic E-state index is 0.0336. The summed E-state index contributed by atoms with van der Waals surface area (Å²) in [5.41, 5.74) is 0. The summed E-state index contributed by atoms with van der Waals surface area (Å²) in [7, 11) is 0. The van der Waals surface area contributed by atoms with Crippen LogP contribution in [0.25, 0.3) is 0 Å². The second-order valence-corrected chi connectivity index (χ2v) is 3.74. The highest BCUT2D eigenvalue weighted by molar-refractivity contribution is 5.72. The molecule has 13 heavy (non-hydrogen) atoms. The van der Waals surface area contributed by atoms with Crippen LogP contribution in [0, 0.1) is 11.8 Å². The first kappa shape index (κ1) is 10.5. The lowest BCUT2D eigenvalue weighted by atomic mass is 9.91. The van der Waals surface area contributed by atoms with Crippen molar-refractivity contribution in [3.8, 4) is 0 Å².